The van der Waals surface area contributed by atoms with Gasteiger partial charge in [0, 0.05) is 16.0 Å². The van der Waals surface area contributed by atoms with Crippen molar-refractivity contribution in [1.82, 2.24) is 14.6 Å². The number of rotatable bonds is 4. The van der Waals surface area contributed by atoms with E-state index in [-0.39, 0.29) is 18.4 Å². The van der Waals surface area contributed by atoms with Crippen molar-refractivity contribution in [2.45, 2.75) is 0 Å². The van der Waals surface area contributed by atoms with Gasteiger partial charge in [-0.3, -0.25) is 5.32 Å². The van der Waals surface area contributed by atoms with Gasteiger partial charge in [-0.15, -0.1) is 28.0 Å². The molecule has 0 radical (unpaired) electrons. The smallest absolute Gasteiger partial charge is 0.414 e. The van der Waals surface area contributed by atoms with Crippen LogP contribution in [0.15, 0.2) is 23.6 Å². The Morgan fingerprint density at radius 2 is 2.22 bits per heavy atom. The average Bonchev–Trinajstić information content (AvgIpc) is 3.05. The second-order valence-corrected chi connectivity index (χ2v) is 6.38. The standard InChI is InChI=1S/C13H9Cl3N4O2S/c14-3-4-22-13(21)18-11-17-12-20(19-11)10(6-23-12)8-2-1-7(15)5-9(8)16/h1-2,5-6H,3-4H2,(H,18,19,21). The van der Waals surface area contributed by atoms with Crippen LogP contribution in [0.1, 0.15) is 0 Å². The summed E-state index contributed by atoms with van der Waals surface area (Å²) >= 11 is 19.0. The fourth-order valence-electron chi connectivity index (χ4n) is 1.88. The van der Waals surface area contributed by atoms with Gasteiger partial charge in [0.2, 0.25) is 4.96 Å². The SMILES string of the molecule is O=C(Nc1nc2scc(-c3ccc(Cl)cc3Cl)n2n1)OCCCl. The van der Waals surface area contributed by atoms with Gasteiger partial charge in [0.1, 0.15) is 6.61 Å². The molecule has 23 heavy (non-hydrogen) atoms. The number of amides is 1. The zero-order valence-corrected chi connectivity index (χ0v) is 14.5. The van der Waals surface area contributed by atoms with Crippen LogP contribution in [0.25, 0.3) is 16.2 Å². The van der Waals surface area contributed by atoms with Crippen LogP contribution in [-0.4, -0.2) is 33.2 Å². The predicted octanol–water partition coefficient (Wildman–Crippen LogP) is 4.55. The first-order valence-corrected chi connectivity index (χ1v) is 8.55. The molecular weight excluding hydrogens is 383 g/mol. The van der Waals surface area contributed by atoms with Crippen LogP contribution in [0.5, 0.6) is 0 Å². The Bertz CT molecular complexity index is 864. The van der Waals surface area contributed by atoms with E-state index >= 15 is 0 Å². The molecule has 3 rings (SSSR count). The lowest BCUT2D eigenvalue weighted by Gasteiger charge is -2.03. The topological polar surface area (TPSA) is 68.5 Å². The number of thiazole rings is 1. The van der Waals surface area contributed by atoms with Gasteiger partial charge in [-0.05, 0) is 18.2 Å². The van der Waals surface area contributed by atoms with E-state index in [1.165, 1.54) is 11.3 Å². The maximum atomic E-state index is 11.5. The van der Waals surface area contributed by atoms with Gasteiger partial charge in [-0.2, -0.15) is 4.98 Å². The maximum absolute atomic E-state index is 11.5. The molecule has 10 heteroatoms. The number of benzene rings is 1. The highest BCUT2D eigenvalue weighted by Gasteiger charge is 2.15. The predicted molar refractivity (Wildman–Crippen MR) is 92.0 cm³/mol. The van der Waals surface area contributed by atoms with Gasteiger partial charge in [-0.1, -0.05) is 23.2 Å². The molecule has 2 aromatic heterocycles. The molecule has 1 amide bonds. The second-order valence-electron chi connectivity index (χ2n) is 4.32. The Morgan fingerprint density at radius 3 is 2.96 bits per heavy atom. The zero-order valence-electron chi connectivity index (χ0n) is 11.4. The summed E-state index contributed by atoms with van der Waals surface area (Å²) in [6, 6.07) is 5.20. The molecule has 0 aliphatic heterocycles. The number of carbonyl (C=O) groups excluding carboxylic acids is 1. The summed E-state index contributed by atoms with van der Waals surface area (Å²) in [5.41, 5.74) is 1.52. The molecule has 1 N–H and O–H groups in total. The Balaban J connectivity index is 1.90. The summed E-state index contributed by atoms with van der Waals surface area (Å²) in [6.07, 6.45) is -0.657. The number of hydrogen-bond acceptors (Lipinski definition) is 5. The normalized spacial score (nSPS) is 10.9. The number of ether oxygens (including phenoxy) is 1. The van der Waals surface area contributed by atoms with E-state index in [1.807, 2.05) is 5.38 Å². The van der Waals surface area contributed by atoms with Crippen molar-refractivity contribution in [2.24, 2.45) is 0 Å². The molecule has 0 bridgehead atoms. The van der Waals surface area contributed by atoms with E-state index in [9.17, 15) is 4.79 Å². The van der Waals surface area contributed by atoms with Crippen LogP contribution in [0, 0.1) is 0 Å². The van der Waals surface area contributed by atoms with Gasteiger partial charge >= 0.3 is 6.09 Å². The Morgan fingerprint density at radius 1 is 1.39 bits per heavy atom. The molecule has 0 fully saturated rings. The molecule has 0 spiro atoms. The molecule has 0 saturated carbocycles. The van der Waals surface area contributed by atoms with E-state index in [2.05, 4.69) is 15.4 Å². The van der Waals surface area contributed by atoms with Crippen molar-refractivity contribution in [3.8, 4) is 11.3 Å². The Hall–Kier alpha value is -1.54. The van der Waals surface area contributed by atoms with Crippen molar-refractivity contribution in [3.63, 3.8) is 0 Å². The quantitative estimate of drug-likeness (QED) is 0.662. The lowest BCUT2D eigenvalue weighted by Crippen LogP contribution is -2.15. The third-order valence-electron chi connectivity index (χ3n) is 2.81. The number of alkyl halides is 1. The van der Waals surface area contributed by atoms with Crippen LogP contribution in [0.3, 0.4) is 0 Å². The number of aromatic nitrogens is 3. The van der Waals surface area contributed by atoms with Crippen molar-refractivity contribution in [3.05, 3.63) is 33.6 Å². The first-order chi connectivity index (χ1) is 11.1. The largest absolute Gasteiger partial charge is 0.448 e. The summed E-state index contributed by atoms with van der Waals surface area (Å²) in [6.45, 7) is 0.112. The minimum Gasteiger partial charge on any atom is -0.448 e. The van der Waals surface area contributed by atoms with Gasteiger partial charge in [-0.25, -0.2) is 9.31 Å². The number of anilines is 1. The summed E-state index contributed by atoms with van der Waals surface area (Å²) in [5.74, 6) is 0.362. The lowest BCUT2D eigenvalue weighted by atomic mass is 10.2. The number of hydrogen-bond donors (Lipinski definition) is 1. The zero-order chi connectivity index (χ0) is 16.4. The Labute approximate surface area is 149 Å². The van der Waals surface area contributed by atoms with Crippen molar-refractivity contribution >= 4 is 63.1 Å². The van der Waals surface area contributed by atoms with E-state index in [1.54, 1.807) is 22.7 Å². The molecule has 2 heterocycles. The third kappa shape index (κ3) is 3.53. The van der Waals surface area contributed by atoms with Crippen LogP contribution in [0.4, 0.5) is 10.7 Å². The molecule has 0 unspecified atom stereocenters. The number of nitrogens with zero attached hydrogens (tertiary/aromatic N) is 3. The molecular formula is C13H9Cl3N4O2S. The van der Waals surface area contributed by atoms with Crippen molar-refractivity contribution in [2.75, 3.05) is 17.8 Å². The monoisotopic (exact) mass is 390 g/mol. The molecule has 6 nitrogen and oxygen atoms in total. The molecule has 3 aromatic rings. The van der Waals surface area contributed by atoms with Crippen LogP contribution < -0.4 is 5.32 Å². The number of carbonyl (C=O) groups is 1. The van der Waals surface area contributed by atoms with Crippen molar-refractivity contribution < 1.29 is 9.53 Å². The molecule has 0 saturated heterocycles. The second kappa shape index (κ2) is 6.92. The minimum absolute atomic E-state index is 0.112. The molecule has 0 aliphatic rings. The molecule has 1 aromatic carbocycles. The van der Waals surface area contributed by atoms with Crippen LogP contribution in [-0.2, 0) is 4.74 Å². The van der Waals surface area contributed by atoms with Gasteiger partial charge in [0.25, 0.3) is 5.95 Å². The number of fused-ring (bicyclic) bond motifs is 1. The maximum Gasteiger partial charge on any atom is 0.414 e. The minimum atomic E-state index is -0.657. The molecule has 120 valence electrons. The fourth-order valence-corrected chi connectivity index (χ4v) is 3.28. The summed E-state index contributed by atoms with van der Waals surface area (Å²) in [4.78, 5) is 16.3. The van der Waals surface area contributed by atoms with E-state index < -0.39 is 6.09 Å². The lowest BCUT2D eigenvalue weighted by molar-refractivity contribution is 0.168. The van der Waals surface area contributed by atoms with Gasteiger partial charge in [0.15, 0.2) is 0 Å². The first kappa shape index (κ1) is 16.3. The summed E-state index contributed by atoms with van der Waals surface area (Å²) in [7, 11) is 0. The van der Waals surface area contributed by atoms with Crippen LogP contribution in [0.2, 0.25) is 10.0 Å². The van der Waals surface area contributed by atoms with E-state index in [4.69, 9.17) is 39.5 Å². The number of nitrogens with one attached hydrogen (secondary N) is 1. The van der Waals surface area contributed by atoms with E-state index in [0.717, 1.165) is 11.3 Å². The van der Waals surface area contributed by atoms with Crippen LogP contribution >= 0.6 is 46.1 Å². The highest BCUT2D eigenvalue weighted by atomic mass is 35.5. The highest BCUT2D eigenvalue weighted by molar-refractivity contribution is 7.15. The van der Waals surface area contributed by atoms with Crippen molar-refractivity contribution in [1.29, 1.82) is 0 Å². The van der Waals surface area contributed by atoms with E-state index in [0.29, 0.717) is 15.0 Å². The highest BCUT2D eigenvalue weighted by Crippen LogP contribution is 2.32. The number of halogens is 3. The van der Waals surface area contributed by atoms with Gasteiger partial charge < -0.3 is 4.74 Å². The average molecular weight is 392 g/mol. The Kier molecular flexibility index (Phi) is 4.91. The molecule has 0 aliphatic carbocycles. The summed E-state index contributed by atoms with van der Waals surface area (Å²) < 4.78 is 6.41. The third-order valence-corrected chi connectivity index (χ3v) is 4.33. The fraction of sp³-hybridized carbons (Fsp3) is 0.154. The first-order valence-electron chi connectivity index (χ1n) is 6.38. The summed E-state index contributed by atoms with van der Waals surface area (Å²) in [5, 5.41) is 9.61. The molecule has 0 atom stereocenters. The van der Waals surface area contributed by atoms with Gasteiger partial charge in [0.05, 0.1) is 16.6 Å².